The number of aromatic amines is 1. The minimum Gasteiger partial charge on any atom is -0.346 e. The number of fused-ring (bicyclic) bond motifs is 3. The van der Waals surface area contributed by atoms with Crippen LogP contribution in [0.25, 0.3) is 22.1 Å². The monoisotopic (exact) mass is 405 g/mol. The Morgan fingerprint density at radius 2 is 2.11 bits per heavy atom. The Balaban J connectivity index is 0.000000233. The van der Waals surface area contributed by atoms with Crippen molar-refractivity contribution in [2.24, 2.45) is 11.7 Å². The van der Waals surface area contributed by atoms with Gasteiger partial charge in [-0.2, -0.15) is 8.42 Å². The lowest BCUT2D eigenvalue weighted by molar-refractivity contribution is 0.372. The molecule has 2 saturated carbocycles. The molecule has 0 aromatic carbocycles. The van der Waals surface area contributed by atoms with E-state index in [4.69, 9.17) is 15.3 Å². The molecule has 4 N–H and O–H groups in total. The topological polar surface area (TPSA) is 127 Å². The number of rotatable bonds is 3. The van der Waals surface area contributed by atoms with Gasteiger partial charge in [0, 0.05) is 23.7 Å². The molecular weight excluding hydrogens is 378 g/mol. The van der Waals surface area contributed by atoms with E-state index in [9.17, 15) is 8.42 Å². The number of imidazole rings is 1. The number of H-pyrrole nitrogens is 1. The first-order valence-corrected chi connectivity index (χ1v) is 11.3. The number of hydrogen-bond donors (Lipinski definition) is 3. The second kappa shape index (κ2) is 7.13. The minimum atomic E-state index is -3.63. The predicted molar refractivity (Wildman–Crippen MR) is 109 cm³/mol. The maximum atomic E-state index is 9.95. The summed E-state index contributed by atoms with van der Waals surface area (Å²) < 4.78 is 30.4. The molecular formula is C19H27N5O3S. The molecule has 0 unspecified atom stereocenters. The summed E-state index contributed by atoms with van der Waals surface area (Å²) in [5, 5.41) is 0.732. The quantitative estimate of drug-likeness (QED) is 0.575. The minimum absolute atomic E-state index is 0.306. The highest BCUT2D eigenvalue weighted by Gasteiger charge is 2.35. The van der Waals surface area contributed by atoms with Crippen molar-refractivity contribution in [3.05, 3.63) is 24.3 Å². The second-order valence-electron chi connectivity index (χ2n) is 7.94. The fourth-order valence-electron chi connectivity index (χ4n) is 4.38. The van der Waals surface area contributed by atoms with Crippen molar-refractivity contribution in [2.75, 3.05) is 0 Å². The van der Waals surface area contributed by atoms with Crippen LogP contribution in [0, 0.1) is 12.8 Å². The largest absolute Gasteiger partial charge is 0.346 e. The van der Waals surface area contributed by atoms with Crippen molar-refractivity contribution in [3.8, 4) is 0 Å². The number of nitrogens with one attached hydrogen (secondary N) is 1. The van der Waals surface area contributed by atoms with Crippen molar-refractivity contribution in [2.45, 2.75) is 63.3 Å². The van der Waals surface area contributed by atoms with E-state index in [0.717, 1.165) is 35.2 Å². The third-order valence-electron chi connectivity index (χ3n) is 5.91. The molecule has 3 aromatic heterocycles. The van der Waals surface area contributed by atoms with Crippen LogP contribution in [0.5, 0.6) is 0 Å². The normalized spacial score (nSPS) is 25.2. The fraction of sp³-hybridized carbons (Fsp3) is 0.579. The highest BCUT2D eigenvalue weighted by molar-refractivity contribution is 7.86. The van der Waals surface area contributed by atoms with Gasteiger partial charge in [0.2, 0.25) is 0 Å². The van der Waals surface area contributed by atoms with E-state index in [-0.39, 0.29) is 0 Å². The molecule has 0 radical (unpaired) electrons. The van der Waals surface area contributed by atoms with Crippen LogP contribution in [0.3, 0.4) is 0 Å². The highest BCUT2D eigenvalue weighted by Crippen LogP contribution is 2.40. The molecule has 0 aliphatic heterocycles. The van der Waals surface area contributed by atoms with E-state index < -0.39 is 15.4 Å². The summed E-state index contributed by atoms with van der Waals surface area (Å²) in [7, 11) is -3.63. The first-order chi connectivity index (χ1) is 13.3. The van der Waals surface area contributed by atoms with E-state index in [0.29, 0.717) is 30.8 Å². The van der Waals surface area contributed by atoms with Crippen molar-refractivity contribution < 1.29 is 13.0 Å². The third kappa shape index (κ3) is 3.54. The van der Waals surface area contributed by atoms with Gasteiger partial charge < -0.3 is 15.3 Å². The number of hydrogen-bond acceptors (Lipinski definition) is 5. The molecule has 2 aliphatic rings. The van der Waals surface area contributed by atoms with Crippen molar-refractivity contribution in [3.63, 3.8) is 0 Å². The smallest absolute Gasteiger partial charge is 0.267 e. The van der Waals surface area contributed by atoms with E-state index in [1.54, 1.807) is 0 Å². The summed E-state index contributed by atoms with van der Waals surface area (Å²) in [5.41, 5.74) is 9.35. The molecule has 9 heteroatoms. The van der Waals surface area contributed by atoms with Crippen LogP contribution in [0.15, 0.2) is 18.5 Å². The van der Waals surface area contributed by atoms with Crippen LogP contribution in [-0.4, -0.2) is 43.8 Å². The van der Waals surface area contributed by atoms with Gasteiger partial charge in [-0.15, -0.1) is 0 Å². The van der Waals surface area contributed by atoms with Crippen LogP contribution in [0.2, 0.25) is 0 Å². The Bertz CT molecular complexity index is 1100. The maximum Gasteiger partial charge on any atom is 0.267 e. The Morgan fingerprint density at radius 3 is 2.71 bits per heavy atom. The first kappa shape index (κ1) is 19.4. The van der Waals surface area contributed by atoms with Crippen molar-refractivity contribution in [1.29, 1.82) is 0 Å². The molecule has 28 heavy (non-hydrogen) atoms. The maximum absolute atomic E-state index is 9.95. The Labute approximate surface area is 164 Å². The van der Waals surface area contributed by atoms with Gasteiger partial charge in [0.15, 0.2) is 0 Å². The molecule has 3 aromatic rings. The van der Waals surface area contributed by atoms with E-state index in [1.165, 1.54) is 11.9 Å². The van der Waals surface area contributed by atoms with Gasteiger partial charge in [-0.25, -0.2) is 9.97 Å². The molecule has 2 aliphatic carbocycles. The number of aromatic nitrogens is 4. The lowest BCUT2D eigenvalue weighted by Crippen LogP contribution is -2.16. The van der Waals surface area contributed by atoms with Gasteiger partial charge in [0.25, 0.3) is 10.1 Å². The Kier molecular flexibility index (Phi) is 4.93. The van der Waals surface area contributed by atoms with Crippen LogP contribution >= 0.6 is 0 Å². The van der Waals surface area contributed by atoms with Gasteiger partial charge in [0.05, 0.1) is 17.0 Å². The number of nitrogens with two attached hydrogens (primary N) is 1. The Morgan fingerprint density at radius 1 is 1.36 bits per heavy atom. The lowest BCUT2D eigenvalue weighted by Gasteiger charge is -2.22. The van der Waals surface area contributed by atoms with Crippen LogP contribution in [0.4, 0.5) is 0 Å². The zero-order valence-corrected chi connectivity index (χ0v) is 17.0. The summed E-state index contributed by atoms with van der Waals surface area (Å²) in [4.78, 5) is 12.4. The molecule has 0 bridgehead atoms. The molecule has 152 valence electrons. The molecule has 2 fully saturated rings. The summed E-state index contributed by atoms with van der Waals surface area (Å²) in [6, 6.07) is 2.86. The summed E-state index contributed by atoms with van der Waals surface area (Å²) >= 11 is 0. The van der Waals surface area contributed by atoms with Crippen LogP contribution < -0.4 is 5.73 Å². The molecule has 8 nitrogen and oxygen atoms in total. The third-order valence-corrected chi connectivity index (χ3v) is 7.22. The number of nitrogens with zero attached hydrogens (tertiary/aromatic N) is 3. The lowest BCUT2D eigenvalue weighted by atomic mass is 10.00. The van der Waals surface area contributed by atoms with E-state index in [1.807, 2.05) is 12.4 Å². The molecule has 0 spiro atoms. The second-order valence-corrected chi connectivity index (χ2v) is 9.64. The number of pyridine rings is 1. The van der Waals surface area contributed by atoms with Gasteiger partial charge in [-0.1, -0.05) is 13.3 Å². The van der Waals surface area contributed by atoms with Gasteiger partial charge in [-0.05, 0) is 44.6 Å². The molecule has 0 amide bonds. The van der Waals surface area contributed by atoms with Crippen molar-refractivity contribution >= 4 is 32.2 Å². The molecule has 3 atom stereocenters. The highest BCUT2D eigenvalue weighted by atomic mass is 32.2. The zero-order chi connectivity index (χ0) is 20.1. The number of aryl methyl sites for hydroxylation is 1. The van der Waals surface area contributed by atoms with Crippen LogP contribution in [-0.2, 0) is 10.1 Å². The zero-order valence-electron chi connectivity index (χ0n) is 16.2. The van der Waals surface area contributed by atoms with E-state index >= 15 is 0 Å². The average molecular weight is 406 g/mol. The van der Waals surface area contributed by atoms with Gasteiger partial charge in [-0.3, -0.25) is 4.55 Å². The first-order valence-electron chi connectivity index (χ1n) is 9.82. The average Bonchev–Trinajstić information content (AvgIpc) is 3.16. The van der Waals surface area contributed by atoms with Gasteiger partial charge >= 0.3 is 0 Å². The fourth-order valence-corrected chi connectivity index (χ4v) is 5.11. The summed E-state index contributed by atoms with van der Waals surface area (Å²) in [6.45, 7) is 4.35. The standard InChI is InChI=1S/C16H21N5.C3H6O3S/c1-3-10-6-11(17)7-14(10)21-9(2)20-13-8-19-16-12(15(13)21)4-5-18-16;4-7(5,6)3-1-2-3/h4-5,8,10-11,14H,3,6-7,17H2,1-2H3,(H,18,19);3H,1-2H2,(H,4,5,6)/t10-,11+,14+;/m1./s1. The predicted octanol–water partition coefficient (Wildman–Crippen LogP) is 2.95. The summed E-state index contributed by atoms with van der Waals surface area (Å²) in [6.07, 6.45) is 8.41. The van der Waals surface area contributed by atoms with Crippen molar-refractivity contribution in [1.82, 2.24) is 19.5 Å². The van der Waals surface area contributed by atoms with E-state index in [2.05, 4.69) is 34.4 Å². The van der Waals surface area contributed by atoms with Gasteiger partial charge in [0.1, 0.15) is 17.0 Å². The molecule has 5 rings (SSSR count). The summed E-state index contributed by atoms with van der Waals surface area (Å²) in [5.74, 6) is 1.70. The SMILES string of the molecule is CC[C@@H]1C[C@H](N)C[C@@H]1n1c(C)nc2cnc3[nH]ccc3c21.O=S(=O)(O)C1CC1. The van der Waals surface area contributed by atoms with Crippen LogP contribution in [0.1, 0.15) is 50.9 Å². The Hall–Kier alpha value is -1.97. The molecule has 0 saturated heterocycles. The molecule has 3 heterocycles.